The first kappa shape index (κ1) is 43.1. The Kier molecular flexibility index (Phi) is 12.2. The van der Waals surface area contributed by atoms with Crippen LogP contribution in [0.3, 0.4) is 0 Å². The number of fused-ring (bicyclic) bond motifs is 3. The Morgan fingerprint density at radius 1 is 0.617 bits per heavy atom. The van der Waals surface area contributed by atoms with E-state index < -0.39 is 110 Å². The predicted molar refractivity (Wildman–Crippen MR) is 206 cm³/mol. The Hall–Kier alpha value is -3.56. The Morgan fingerprint density at radius 2 is 1.27 bits per heavy atom. The lowest BCUT2D eigenvalue weighted by Gasteiger charge is -2.44. The lowest BCUT2D eigenvalue weighted by molar-refractivity contribution is -0.330. The van der Waals surface area contributed by atoms with Crippen molar-refractivity contribution in [3.63, 3.8) is 0 Å². The van der Waals surface area contributed by atoms with Crippen molar-refractivity contribution in [2.45, 2.75) is 172 Å². The summed E-state index contributed by atoms with van der Waals surface area (Å²) in [6.07, 6.45) is -12.3. The van der Waals surface area contributed by atoms with Crippen molar-refractivity contribution >= 4 is 17.1 Å². The molecule has 4 aliphatic heterocycles. The molecule has 0 saturated carbocycles. The second kappa shape index (κ2) is 17.0. The van der Waals surface area contributed by atoms with Crippen LogP contribution in [0.2, 0.25) is 0 Å². The van der Waals surface area contributed by atoms with Crippen LogP contribution in [-0.4, -0.2) is 146 Å². The van der Waals surface area contributed by atoms with E-state index in [1.54, 1.807) is 33.8 Å². The number of rotatable bonds is 8. The van der Waals surface area contributed by atoms with E-state index in [-0.39, 0.29) is 71.1 Å². The van der Waals surface area contributed by atoms with Crippen molar-refractivity contribution in [2.24, 2.45) is 0 Å². The Balaban J connectivity index is 0.896. The van der Waals surface area contributed by atoms with Gasteiger partial charge < -0.3 is 73.6 Å². The highest BCUT2D eigenvalue weighted by Gasteiger charge is 2.47. The Labute approximate surface area is 346 Å². The molecule has 0 radical (unpaired) electrons. The molecular formula is C43H54O17. The molecule has 6 aliphatic rings. The van der Waals surface area contributed by atoms with Crippen molar-refractivity contribution < 1.29 is 83.2 Å². The van der Waals surface area contributed by atoms with Gasteiger partial charge in [-0.15, -0.1) is 0 Å². The minimum atomic E-state index is -1.36. The maximum absolute atomic E-state index is 14.1. The average molecular weight is 843 g/mol. The largest absolute Gasteiger partial charge is 0.507 e. The molecule has 8 rings (SSSR count). The van der Waals surface area contributed by atoms with E-state index >= 15 is 0 Å². The number of benzene rings is 2. The molecule has 328 valence electrons. The fourth-order valence-corrected chi connectivity index (χ4v) is 9.34. The normalized spacial score (nSPS) is 39.5. The van der Waals surface area contributed by atoms with Crippen LogP contribution < -0.4 is 4.74 Å². The maximum atomic E-state index is 14.1. The summed E-state index contributed by atoms with van der Waals surface area (Å²) >= 11 is 0. The van der Waals surface area contributed by atoms with E-state index in [1.807, 2.05) is 6.92 Å². The molecule has 0 aromatic heterocycles. The maximum Gasteiger partial charge on any atom is 0.202 e. The van der Waals surface area contributed by atoms with E-state index in [1.165, 1.54) is 18.2 Å². The SMILES string of the molecule is Cc1cc(O)c2c(c1)C[C@@H](O)C1=C2C(=O)c2c(O)ccc(O[C@H]3C[C@@H](O)[C@H](O[C@H]4C[C@@H](O[C@H]5CC[C@H](O[C@H]6C[C@@H](O)[C@H](O)[C@@H](C)O6)[C@H](C)O5)[C@H](O)[C@@H](C)O4)[C@@H](C)O3)c2C1=O. The second-order valence-corrected chi connectivity index (χ2v) is 16.9. The van der Waals surface area contributed by atoms with Gasteiger partial charge >= 0.3 is 0 Å². The van der Waals surface area contributed by atoms with Crippen LogP contribution in [0.1, 0.15) is 97.2 Å². The number of aliphatic hydroxyl groups excluding tert-OH is 5. The zero-order valence-corrected chi connectivity index (χ0v) is 34.0. The Morgan fingerprint density at radius 3 is 1.97 bits per heavy atom. The third kappa shape index (κ3) is 8.11. The van der Waals surface area contributed by atoms with E-state index in [0.717, 1.165) is 0 Å². The highest BCUT2D eigenvalue weighted by molar-refractivity contribution is 6.42. The summed E-state index contributed by atoms with van der Waals surface area (Å²) in [6, 6.07) is 5.71. The number of ketones is 2. The van der Waals surface area contributed by atoms with Crippen LogP contribution in [0.15, 0.2) is 29.8 Å². The lowest BCUT2D eigenvalue weighted by atomic mass is 9.72. The van der Waals surface area contributed by atoms with Gasteiger partial charge in [0.25, 0.3) is 0 Å². The molecule has 60 heavy (non-hydrogen) atoms. The van der Waals surface area contributed by atoms with Gasteiger partial charge in [-0.1, -0.05) is 6.07 Å². The summed E-state index contributed by atoms with van der Waals surface area (Å²) in [5, 5.41) is 75.4. The number of hydrogen-bond acceptors (Lipinski definition) is 17. The van der Waals surface area contributed by atoms with Crippen LogP contribution in [-0.2, 0) is 39.6 Å². The van der Waals surface area contributed by atoms with Crippen LogP contribution >= 0.6 is 0 Å². The summed E-state index contributed by atoms with van der Waals surface area (Å²) in [4.78, 5) is 28.2. The Bertz CT molecular complexity index is 1980. The number of aromatic hydroxyl groups is 2. The van der Waals surface area contributed by atoms with Crippen LogP contribution in [0.4, 0.5) is 0 Å². The average Bonchev–Trinajstić information content (AvgIpc) is 3.17. The second-order valence-electron chi connectivity index (χ2n) is 16.9. The summed E-state index contributed by atoms with van der Waals surface area (Å²) < 4.78 is 48.7. The van der Waals surface area contributed by atoms with E-state index in [4.69, 9.17) is 37.9 Å². The number of ether oxygens (including phenoxy) is 8. The number of carbonyl (C=O) groups is 2. The number of aryl methyl sites for hydroxylation is 1. The summed E-state index contributed by atoms with van der Waals surface area (Å²) in [5.41, 5.74) is 0.362. The van der Waals surface area contributed by atoms with Crippen molar-refractivity contribution in [3.8, 4) is 17.2 Å². The van der Waals surface area contributed by atoms with Crippen molar-refractivity contribution in [1.29, 1.82) is 0 Å². The third-order valence-corrected chi connectivity index (χ3v) is 12.4. The van der Waals surface area contributed by atoms with E-state index in [2.05, 4.69) is 0 Å². The number of allylic oxidation sites excluding steroid dienone is 1. The minimum Gasteiger partial charge on any atom is -0.507 e. The van der Waals surface area contributed by atoms with Crippen molar-refractivity contribution in [2.75, 3.05) is 0 Å². The molecule has 0 bridgehead atoms. The van der Waals surface area contributed by atoms with Gasteiger partial charge in [0.05, 0.1) is 66.1 Å². The number of aliphatic hydroxyl groups is 5. The number of carbonyl (C=O) groups excluding carboxylic acids is 2. The molecule has 16 atom stereocenters. The molecule has 2 aliphatic carbocycles. The van der Waals surface area contributed by atoms with Gasteiger partial charge in [-0.05, 0) is 70.4 Å². The minimum absolute atomic E-state index is 0.0149. The zero-order valence-electron chi connectivity index (χ0n) is 34.0. The van der Waals surface area contributed by atoms with Crippen LogP contribution in [0.5, 0.6) is 17.2 Å². The van der Waals surface area contributed by atoms with E-state index in [0.29, 0.717) is 24.0 Å². The third-order valence-electron chi connectivity index (χ3n) is 12.4. The highest BCUT2D eigenvalue weighted by Crippen LogP contribution is 2.48. The molecule has 17 nitrogen and oxygen atoms in total. The van der Waals surface area contributed by atoms with Gasteiger partial charge in [-0.25, -0.2) is 0 Å². The van der Waals surface area contributed by atoms with Gasteiger partial charge in [0, 0.05) is 48.8 Å². The van der Waals surface area contributed by atoms with Crippen molar-refractivity contribution in [3.05, 3.63) is 57.7 Å². The molecule has 4 saturated heterocycles. The van der Waals surface area contributed by atoms with Crippen LogP contribution in [0, 0.1) is 6.92 Å². The monoisotopic (exact) mass is 842 g/mol. The molecular weight excluding hydrogens is 788 g/mol. The highest BCUT2D eigenvalue weighted by atomic mass is 16.7. The lowest BCUT2D eigenvalue weighted by Crippen LogP contribution is -2.55. The smallest absolute Gasteiger partial charge is 0.202 e. The number of phenolic OH excluding ortho intramolecular Hbond substituents is 2. The van der Waals surface area contributed by atoms with Gasteiger partial charge in [-0.2, -0.15) is 0 Å². The molecule has 2 aromatic carbocycles. The van der Waals surface area contributed by atoms with Gasteiger partial charge in [0.2, 0.25) is 6.29 Å². The molecule has 17 heteroatoms. The molecule has 2 aromatic rings. The quantitative estimate of drug-likeness (QED) is 0.201. The molecule has 0 unspecified atom stereocenters. The first-order valence-electron chi connectivity index (χ1n) is 20.7. The molecule has 4 fully saturated rings. The fraction of sp³-hybridized carbons (Fsp3) is 0.628. The number of hydrogen-bond donors (Lipinski definition) is 7. The van der Waals surface area contributed by atoms with E-state index in [9.17, 15) is 45.3 Å². The first-order valence-corrected chi connectivity index (χ1v) is 20.7. The molecule has 4 heterocycles. The molecule has 0 amide bonds. The first-order chi connectivity index (χ1) is 28.5. The summed E-state index contributed by atoms with van der Waals surface area (Å²) in [7, 11) is 0. The number of phenols is 2. The standard InChI is InChI=1S/C43H54O17/c1-16-10-21-12-24(46)36-38(34(21)23(45)11-16)42(52)35-22(44)6-7-28(37(35)41(36)51)58-32-14-26(48)43(20(5)56-32)60-33-15-29(40(50)19(4)55-33)59-30-9-8-27(17(2)53-30)57-31-13-25(47)39(49)18(3)54-31/h6-7,10-11,17-20,24-27,29-33,39-40,43-50H,8-9,12-15H2,1-5H3/t17-,18+,19+,20+,24+,25+,26+,27-,29+,30-,31-,32-,33-,39+,40+,43+/m0/s1. The van der Waals surface area contributed by atoms with Crippen molar-refractivity contribution in [1.82, 2.24) is 0 Å². The zero-order chi connectivity index (χ0) is 42.9. The van der Waals surface area contributed by atoms with Gasteiger partial charge in [0.15, 0.2) is 30.4 Å². The fourth-order valence-electron chi connectivity index (χ4n) is 9.34. The molecule has 0 spiro atoms. The summed E-state index contributed by atoms with van der Waals surface area (Å²) in [6.45, 7) is 8.61. The van der Waals surface area contributed by atoms with Crippen LogP contribution in [0.25, 0.3) is 5.57 Å². The summed E-state index contributed by atoms with van der Waals surface area (Å²) in [5.74, 6) is -2.31. The van der Waals surface area contributed by atoms with Gasteiger partial charge in [0.1, 0.15) is 35.6 Å². The van der Waals surface area contributed by atoms with Gasteiger partial charge in [-0.3, -0.25) is 9.59 Å². The molecule has 7 N–H and O–H groups in total. The number of Topliss-reactive ketones (excluding diaryl/α,β-unsaturated/α-hetero) is 2. The predicted octanol–water partition coefficient (Wildman–Crippen LogP) is 2.06. The topological polar surface area (TPSA) is 250 Å².